The summed E-state index contributed by atoms with van der Waals surface area (Å²) in [6.45, 7) is 14.7. The molecule has 0 bridgehead atoms. The van der Waals surface area contributed by atoms with Crippen molar-refractivity contribution in [3.05, 3.63) is 181 Å². The molecule has 0 spiro atoms. The summed E-state index contributed by atoms with van der Waals surface area (Å²) in [5.41, 5.74) is 16.8. The smallest absolute Gasteiger partial charge is 0.143 e. The van der Waals surface area contributed by atoms with Gasteiger partial charge in [-0.3, -0.25) is 0 Å². The van der Waals surface area contributed by atoms with E-state index in [1.165, 1.54) is 71.6 Å². The van der Waals surface area contributed by atoms with Crippen molar-refractivity contribution in [2.24, 2.45) is 5.41 Å². The van der Waals surface area contributed by atoms with E-state index in [0.29, 0.717) is 0 Å². The maximum Gasteiger partial charge on any atom is 0.143 e. The first-order valence-electron chi connectivity index (χ1n) is 21.3. The van der Waals surface area contributed by atoms with Crippen LogP contribution in [0.25, 0.3) is 99.2 Å². The fourth-order valence-corrected chi connectivity index (χ4v) is 10.8. The number of rotatable bonds is 4. The van der Waals surface area contributed by atoms with Gasteiger partial charge in [0.2, 0.25) is 0 Å². The van der Waals surface area contributed by atoms with Crippen LogP contribution in [0.1, 0.15) is 52.7 Å². The van der Waals surface area contributed by atoms with Crippen LogP contribution in [-0.2, 0) is 10.8 Å². The van der Waals surface area contributed by atoms with Gasteiger partial charge in [-0.25, -0.2) is 0 Å². The number of para-hydroxylation sites is 4. The van der Waals surface area contributed by atoms with Crippen LogP contribution in [-0.4, -0.2) is 9.13 Å². The van der Waals surface area contributed by atoms with E-state index in [0.717, 1.165) is 38.8 Å². The highest BCUT2D eigenvalue weighted by atomic mass is 16.3. The van der Waals surface area contributed by atoms with Crippen LogP contribution in [0.15, 0.2) is 174 Å². The first-order chi connectivity index (χ1) is 29.0. The van der Waals surface area contributed by atoms with Gasteiger partial charge in [0.05, 0.1) is 22.1 Å². The topological polar surface area (TPSA) is 23.0 Å². The Labute approximate surface area is 350 Å². The highest BCUT2D eigenvalue weighted by molar-refractivity contribution is 6.13. The van der Waals surface area contributed by atoms with Crippen molar-refractivity contribution < 1.29 is 4.42 Å². The molecular formula is C57H46N2O. The van der Waals surface area contributed by atoms with Crippen molar-refractivity contribution in [2.75, 3.05) is 0 Å². The third kappa shape index (κ3) is 4.61. The van der Waals surface area contributed by atoms with E-state index < -0.39 is 0 Å². The Hall–Kier alpha value is -6.84. The fourth-order valence-electron chi connectivity index (χ4n) is 10.8. The molecule has 0 unspecified atom stereocenters. The number of fused-ring (bicyclic) bond motifs is 10. The number of aromatic nitrogens is 2. The summed E-state index contributed by atoms with van der Waals surface area (Å²) in [6.07, 6.45) is 0. The van der Waals surface area contributed by atoms with E-state index >= 15 is 0 Å². The van der Waals surface area contributed by atoms with Gasteiger partial charge < -0.3 is 13.6 Å². The monoisotopic (exact) mass is 774 g/mol. The summed E-state index contributed by atoms with van der Waals surface area (Å²) in [4.78, 5) is 0. The van der Waals surface area contributed by atoms with Crippen molar-refractivity contribution >= 4 is 65.6 Å². The Morgan fingerprint density at radius 3 is 1.60 bits per heavy atom. The molecule has 8 aromatic carbocycles. The van der Waals surface area contributed by atoms with E-state index in [1.807, 2.05) is 12.1 Å². The highest BCUT2D eigenvalue weighted by Gasteiger charge is 2.57. The average molecular weight is 775 g/mol. The predicted molar refractivity (Wildman–Crippen MR) is 253 cm³/mol. The molecule has 60 heavy (non-hydrogen) atoms. The van der Waals surface area contributed by atoms with Crippen LogP contribution < -0.4 is 0 Å². The van der Waals surface area contributed by atoms with E-state index in [9.17, 15) is 0 Å². The Kier molecular flexibility index (Phi) is 7.09. The van der Waals surface area contributed by atoms with Gasteiger partial charge in [0.25, 0.3) is 0 Å². The van der Waals surface area contributed by atoms with Crippen molar-refractivity contribution in [2.45, 2.75) is 52.4 Å². The molecule has 3 heteroatoms. The first-order valence-corrected chi connectivity index (χ1v) is 21.3. The molecule has 0 saturated heterocycles. The average Bonchev–Trinajstić information content (AvgIpc) is 3.95. The van der Waals surface area contributed by atoms with Crippen LogP contribution in [0.3, 0.4) is 0 Å². The highest BCUT2D eigenvalue weighted by Crippen LogP contribution is 2.62. The quantitative estimate of drug-likeness (QED) is 0.175. The third-order valence-electron chi connectivity index (χ3n) is 15.2. The summed E-state index contributed by atoms with van der Waals surface area (Å²) >= 11 is 0. The molecule has 3 nitrogen and oxygen atoms in total. The van der Waals surface area contributed by atoms with Crippen molar-refractivity contribution in [3.63, 3.8) is 0 Å². The molecule has 0 radical (unpaired) electrons. The van der Waals surface area contributed by atoms with Gasteiger partial charge in [0.1, 0.15) is 11.2 Å². The minimum atomic E-state index is 0.0148. The zero-order chi connectivity index (χ0) is 40.7. The second kappa shape index (κ2) is 12.1. The number of furan rings is 1. The standard InChI is InChI=1S/C57H46N2O/c1-55(2)47-33-46-45-32-37(26-30-51(45)59(38-15-8-7-9-16-38)52(46)34-48(47)56(3,4)57(55,5)6)36-25-29-50-44(31-36)41-17-10-12-21-49(41)58(50)39-27-23-35(24-28-39)40-19-14-20-43-42-18-11-13-22-53(42)60-54(40)43/h7-34H,1-6H3. The van der Waals surface area contributed by atoms with Crippen LogP contribution in [0, 0.1) is 5.41 Å². The van der Waals surface area contributed by atoms with E-state index in [-0.39, 0.29) is 16.2 Å². The number of hydrogen-bond acceptors (Lipinski definition) is 1. The molecule has 0 N–H and O–H groups in total. The second-order valence-corrected chi connectivity index (χ2v) is 18.6. The van der Waals surface area contributed by atoms with Gasteiger partial charge in [-0.05, 0) is 117 Å². The minimum absolute atomic E-state index is 0.0148. The van der Waals surface area contributed by atoms with Gasteiger partial charge >= 0.3 is 0 Å². The molecule has 290 valence electrons. The molecule has 0 amide bonds. The zero-order valence-electron chi connectivity index (χ0n) is 35.0. The van der Waals surface area contributed by atoms with E-state index in [1.54, 1.807) is 0 Å². The summed E-state index contributed by atoms with van der Waals surface area (Å²) in [5, 5.41) is 7.38. The molecule has 0 aliphatic heterocycles. The van der Waals surface area contributed by atoms with Gasteiger partial charge in [0.15, 0.2) is 0 Å². The third-order valence-corrected chi connectivity index (χ3v) is 15.2. The van der Waals surface area contributed by atoms with E-state index in [4.69, 9.17) is 4.42 Å². The van der Waals surface area contributed by atoms with Crippen molar-refractivity contribution in [1.29, 1.82) is 0 Å². The summed E-state index contributed by atoms with van der Waals surface area (Å²) in [6, 6.07) is 62.5. The number of benzene rings is 8. The van der Waals surface area contributed by atoms with Crippen LogP contribution in [0.5, 0.6) is 0 Å². The SMILES string of the molecule is CC1(C)c2cc3c4cc(-c5ccc6c(c5)c5ccccc5n6-c5ccc(-c6cccc7c6oc6ccccc67)cc5)ccc4n(-c4ccccc4)c3cc2C(C)(C)C1(C)C. The maximum absolute atomic E-state index is 6.40. The summed E-state index contributed by atoms with van der Waals surface area (Å²) < 4.78 is 11.3. The number of nitrogens with zero attached hydrogens (tertiary/aromatic N) is 2. The predicted octanol–water partition coefficient (Wildman–Crippen LogP) is 15.7. The Morgan fingerprint density at radius 1 is 0.367 bits per heavy atom. The van der Waals surface area contributed by atoms with Crippen molar-refractivity contribution in [1.82, 2.24) is 9.13 Å². The molecule has 0 saturated carbocycles. The number of hydrogen-bond donors (Lipinski definition) is 0. The normalized spacial score (nSPS) is 15.6. The molecule has 3 heterocycles. The Morgan fingerprint density at radius 2 is 0.883 bits per heavy atom. The summed E-state index contributed by atoms with van der Waals surface area (Å²) in [7, 11) is 0. The van der Waals surface area contributed by atoms with Gasteiger partial charge in [-0.2, -0.15) is 0 Å². The summed E-state index contributed by atoms with van der Waals surface area (Å²) in [5.74, 6) is 0. The van der Waals surface area contributed by atoms with Gasteiger partial charge in [0, 0.05) is 49.3 Å². The Bertz CT molecular complexity index is 3550. The molecule has 0 fully saturated rings. The molecule has 1 aliphatic carbocycles. The first kappa shape index (κ1) is 35.1. The molecular weight excluding hydrogens is 729 g/mol. The molecule has 3 aromatic heterocycles. The van der Waals surface area contributed by atoms with Gasteiger partial charge in [-0.1, -0.05) is 139 Å². The van der Waals surface area contributed by atoms with Crippen LogP contribution in [0.2, 0.25) is 0 Å². The molecule has 0 atom stereocenters. The van der Waals surface area contributed by atoms with Gasteiger partial charge in [-0.15, -0.1) is 0 Å². The maximum atomic E-state index is 6.40. The minimum Gasteiger partial charge on any atom is -0.455 e. The van der Waals surface area contributed by atoms with Crippen molar-refractivity contribution in [3.8, 4) is 33.6 Å². The van der Waals surface area contributed by atoms with Crippen LogP contribution in [0.4, 0.5) is 0 Å². The zero-order valence-corrected chi connectivity index (χ0v) is 35.0. The fraction of sp³-hybridized carbons (Fsp3) is 0.158. The lowest BCUT2D eigenvalue weighted by atomic mass is 9.59. The molecule has 11 aromatic rings. The molecule has 12 rings (SSSR count). The van der Waals surface area contributed by atoms with E-state index in [2.05, 4.69) is 208 Å². The Balaban J connectivity index is 1.00. The largest absolute Gasteiger partial charge is 0.455 e. The lowest BCUT2D eigenvalue weighted by Gasteiger charge is -2.44. The second-order valence-electron chi connectivity index (χ2n) is 18.6. The molecule has 1 aliphatic rings. The lowest BCUT2D eigenvalue weighted by Crippen LogP contribution is -2.42. The lowest BCUT2D eigenvalue weighted by molar-refractivity contribution is 0.125. The van der Waals surface area contributed by atoms with Crippen LogP contribution >= 0.6 is 0 Å².